The summed E-state index contributed by atoms with van der Waals surface area (Å²) in [5.74, 6) is 0.213. The van der Waals surface area contributed by atoms with E-state index in [-0.39, 0.29) is 17.7 Å². The Balaban J connectivity index is 2.63. The Labute approximate surface area is 124 Å². The van der Waals surface area contributed by atoms with E-state index in [9.17, 15) is 9.59 Å². The van der Waals surface area contributed by atoms with Gasteiger partial charge in [0.15, 0.2) is 5.69 Å². The fourth-order valence-corrected chi connectivity index (χ4v) is 1.74. The third kappa shape index (κ3) is 5.37. The minimum absolute atomic E-state index is 0.151. The van der Waals surface area contributed by atoms with Gasteiger partial charge in [-0.05, 0) is 12.8 Å². The Hall–Kier alpha value is -2.18. The van der Waals surface area contributed by atoms with Crippen molar-refractivity contribution < 1.29 is 9.59 Å². The zero-order valence-electron chi connectivity index (χ0n) is 12.8. The first kappa shape index (κ1) is 16.9. The molecule has 1 rings (SSSR count). The van der Waals surface area contributed by atoms with E-state index in [0.29, 0.717) is 43.0 Å². The highest BCUT2D eigenvalue weighted by Gasteiger charge is 2.15. The summed E-state index contributed by atoms with van der Waals surface area (Å²) < 4.78 is 0. The number of primary amides is 1. The van der Waals surface area contributed by atoms with Crippen LogP contribution in [0.3, 0.4) is 0 Å². The van der Waals surface area contributed by atoms with Crippen LogP contribution in [0.1, 0.15) is 55.3 Å². The molecule has 0 unspecified atom stereocenters. The predicted octanol–water partition coefficient (Wildman–Crippen LogP) is 1.03. The lowest BCUT2D eigenvalue weighted by Crippen LogP contribution is -2.27. The molecule has 0 fully saturated rings. The maximum Gasteiger partial charge on any atom is 0.272 e. The first-order valence-corrected chi connectivity index (χ1v) is 7.07. The van der Waals surface area contributed by atoms with Crippen LogP contribution in [0.4, 0.5) is 5.69 Å². The van der Waals surface area contributed by atoms with Crippen molar-refractivity contribution in [1.82, 2.24) is 15.3 Å². The summed E-state index contributed by atoms with van der Waals surface area (Å²) in [4.78, 5) is 31.3. The van der Waals surface area contributed by atoms with E-state index in [2.05, 4.69) is 20.6 Å². The van der Waals surface area contributed by atoms with Crippen LogP contribution in [-0.2, 0) is 4.79 Å². The van der Waals surface area contributed by atoms with Gasteiger partial charge in [-0.15, -0.1) is 0 Å². The van der Waals surface area contributed by atoms with E-state index in [1.165, 1.54) is 0 Å². The third-order valence-electron chi connectivity index (χ3n) is 2.94. The molecule has 0 aliphatic heterocycles. The molecule has 0 radical (unpaired) electrons. The lowest BCUT2D eigenvalue weighted by Gasteiger charge is -2.11. The fraction of sp³-hybridized carbons (Fsp3) is 0.571. The number of anilines is 1. The molecule has 0 aliphatic rings. The standard InChI is InChI=1S/C14H23N5O2/c1-9(2)13-18-8-10(16-3)12(19-13)14(21)17-7-5-4-6-11(15)20/h8-9,16H,4-7H2,1-3H3,(H2,15,20)(H,17,21). The molecule has 4 N–H and O–H groups in total. The number of nitrogens with two attached hydrogens (primary N) is 1. The summed E-state index contributed by atoms with van der Waals surface area (Å²) in [5.41, 5.74) is 5.99. The molecule has 0 bridgehead atoms. The van der Waals surface area contributed by atoms with Gasteiger partial charge >= 0.3 is 0 Å². The predicted molar refractivity (Wildman–Crippen MR) is 81.0 cm³/mol. The topological polar surface area (TPSA) is 110 Å². The molecule has 0 atom stereocenters. The highest BCUT2D eigenvalue weighted by atomic mass is 16.2. The van der Waals surface area contributed by atoms with Crippen LogP contribution in [0, 0.1) is 0 Å². The van der Waals surface area contributed by atoms with E-state index in [0.717, 1.165) is 0 Å². The number of rotatable bonds is 8. The van der Waals surface area contributed by atoms with Crippen LogP contribution >= 0.6 is 0 Å². The quantitative estimate of drug-likeness (QED) is 0.620. The number of unbranched alkanes of at least 4 members (excludes halogenated alkanes) is 1. The molecule has 0 saturated carbocycles. The Bertz CT molecular complexity index is 502. The highest BCUT2D eigenvalue weighted by Crippen LogP contribution is 2.15. The fourth-order valence-electron chi connectivity index (χ4n) is 1.74. The molecule has 2 amide bonds. The summed E-state index contributed by atoms with van der Waals surface area (Å²) in [5, 5.41) is 5.70. The van der Waals surface area contributed by atoms with Crippen molar-refractivity contribution in [3.05, 3.63) is 17.7 Å². The molecule has 116 valence electrons. The zero-order valence-corrected chi connectivity index (χ0v) is 12.8. The largest absolute Gasteiger partial charge is 0.385 e. The van der Waals surface area contributed by atoms with Gasteiger partial charge in [-0.2, -0.15) is 0 Å². The van der Waals surface area contributed by atoms with E-state index in [1.807, 2.05) is 13.8 Å². The molecular formula is C14H23N5O2. The summed E-state index contributed by atoms with van der Waals surface area (Å²) in [6.45, 7) is 4.43. The molecule has 7 nitrogen and oxygen atoms in total. The third-order valence-corrected chi connectivity index (χ3v) is 2.94. The van der Waals surface area contributed by atoms with Gasteiger partial charge in [0.25, 0.3) is 5.91 Å². The minimum atomic E-state index is -0.323. The van der Waals surface area contributed by atoms with Crippen molar-refractivity contribution in [3.63, 3.8) is 0 Å². The number of amides is 2. The summed E-state index contributed by atoms with van der Waals surface area (Å²) in [6.07, 6.45) is 3.31. The Morgan fingerprint density at radius 2 is 2.05 bits per heavy atom. The zero-order chi connectivity index (χ0) is 15.8. The second kappa shape index (κ2) is 8.18. The van der Waals surface area contributed by atoms with E-state index in [1.54, 1.807) is 13.2 Å². The molecule has 1 heterocycles. The van der Waals surface area contributed by atoms with Gasteiger partial charge in [-0.3, -0.25) is 9.59 Å². The van der Waals surface area contributed by atoms with Crippen LogP contribution in [0.25, 0.3) is 0 Å². The number of nitrogens with one attached hydrogen (secondary N) is 2. The second-order valence-corrected chi connectivity index (χ2v) is 5.07. The number of hydrogen-bond donors (Lipinski definition) is 3. The summed E-state index contributed by atoms with van der Waals surface area (Å²) >= 11 is 0. The number of carbonyl (C=O) groups is 2. The maximum absolute atomic E-state index is 12.2. The normalized spacial score (nSPS) is 10.5. The molecule has 0 aromatic carbocycles. The van der Waals surface area contributed by atoms with Crippen LogP contribution in [0.5, 0.6) is 0 Å². The maximum atomic E-state index is 12.2. The molecule has 7 heteroatoms. The minimum Gasteiger partial charge on any atom is -0.385 e. The number of aromatic nitrogens is 2. The molecule has 21 heavy (non-hydrogen) atoms. The van der Waals surface area contributed by atoms with Gasteiger partial charge in [0.1, 0.15) is 5.82 Å². The summed E-state index contributed by atoms with van der Waals surface area (Å²) in [7, 11) is 1.72. The lowest BCUT2D eigenvalue weighted by atomic mass is 10.2. The molecular weight excluding hydrogens is 270 g/mol. The SMILES string of the molecule is CNc1cnc(C(C)C)nc1C(=O)NCCCCC(N)=O. The number of carbonyl (C=O) groups excluding carboxylic acids is 2. The van der Waals surface area contributed by atoms with E-state index in [4.69, 9.17) is 5.73 Å². The van der Waals surface area contributed by atoms with Gasteiger partial charge in [0.05, 0.1) is 11.9 Å². The van der Waals surface area contributed by atoms with Crippen molar-refractivity contribution in [2.24, 2.45) is 5.73 Å². The Morgan fingerprint density at radius 3 is 2.62 bits per heavy atom. The number of nitrogens with zero attached hydrogens (tertiary/aromatic N) is 2. The van der Waals surface area contributed by atoms with E-state index < -0.39 is 0 Å². The second-order valence-electron chi connectivity index (χ2n) is 5.07. The Morgan fingerprint density at radius 1 is 1.33 bits per heavy atom. The Kier molecular flexibility index (Phi) is 6.58. The van der Waals surface area contributed by atoms with Crippen molar-refractivity contribution in [2.75, 3.05) is 18.9 Å². The molecule has 0 spiro atoms. The van der Waals surface area contributed by atoms with Crippen LogP contribution in [-0.4, -0.2) is 35.4 Å². The first-order valence-electron chi connectivity index (χ1n) is 7.07. The molecule has 1 aromatic heterocycles. The van der Waals surface area contributed by atoms with Crippen LogP contribution < -0.4 is 16.4 Å². The monoisotopic (exact) mass is 293 g/mol. The van der Waals surface area contributed by atoms with Crippen molar-refractivity contribution >= 4 is 17.5 Å². The van der Waals surface area contributed by atoms with Crippen LogP contribution in [0.2, 0.25) is 0 Å². The van der Waals surface area contributed by atoms with Gasteiger partial charge < -0.3 is 16.4 Å². The summed E-state index contributed by atoms with van der Waals surface area (Å²) in [6, 6.07) is 0. The van der Waals surface area contributed by atoms with Gasteiger partial charge in [-0.1, -0.05) is 13.8 Å². The lowest BCUT2D eigenvalue weighted by molar-refractivity contribution is -0.118. The van der Waals surface area contributed by atoms with E-state index >= 15 is 0 Å². The van der Waals surface area contributed by atoms with Crippen molar-refractivity contribution in [3.8, 4) is 0 Å². The molecule has 0 saturated heterocycles. The number of hydrogen-bond acceptors (Lipinski definition) is 5. The van der Waals surface area contributed by atoms with Crippen molar-refractivity contribution in [2.45, 2.75) is 39.0 Å². The highest BCUT2D eigenvalue weighted by molar-refractivity contribution is 5.97. The average Bonchev–Trinajstić information content (AvgIpc) is 2.45. The van der Waals surface area contributed by atoms with Crippen molar-refractivity contribution in [1.29, 1.82) is 0 Å². The van der Waals surface area contributed by atoms with Gasteiger partial charge in [0.2, 0.25) is 5.91 Å². The van der Waals surface area contributed by atoms with Crippen LogP contribution in [0.15, 0.2) is 6.20 Å². The first-order chi connectivity index (χ1) is 9.95. The van der Waals surface area contributed by atoms with Gasteiger partial charge in [-0.25, -0.2) is 9.97 Å². The van der Waals surface area contributed by atoms with Gasteiger partial charge in [0, 0.05) is 25.9 Å². The molecule has 1 aromatic rings. The molecule has 0 aliphatic carbocycles. The smallest absolute Gasteiger partial charge is 0.272 e. The average molecular weight is 293 g/mol.